The second kappa shape index (κ2) is 5.00. The van der Waals surface area contributed by atoms with Crippen LogP contribution >= 0.6 is 0 Å². The zero-order valence-electron chi connectivity index (χ0n) is 10.5. The van der Waals surface area contributed by atoms with Gasteiger partial charge < -0.3 is 10.3 Å². The monoisotopic (exact) mass is 235 g/mol. The van der Waals surface area contributed by atoms with Crippen molar-refractivity contribution in [3.63, 3.8) is 0 Å². The maximum Gasteiger partial charge on any atom is 0.140 e. The van der Waals surface area contributed by atoms with E-state index in [0.717, 1.165) is 37.9 Å². The van der Waals surface area contributed by atoms with E-state index in [4.69, 9.17) is 5.73 Å². The van der Waals surface area contributed by atoms with E-state index >= 15 is 0 Å². The summed E-state index contributed by atoms with van der Waals surface area (Å²) >= 11 is 0. The van der Waals surface area contributed by atoms with E-state index in [1.807, 2.05) is 17.8 Å². The van der Waals surface area contributed by atoms with Crippen molar-refractivity contribution in [1.82, 2.24) is 9.55 Å². The molecule has 0 aliphatic heterocycles. The van der Waals surface area contributed by atoms with Crippen LogP contribution in [0, 0.1) is 5.41 Å². The first-order chi connectivity index (χ1) is 8.18. The summed E-state index contributed by atoms with van der Waals surface area (Å²) < 4.78 is 1.97. The van der Waals surface area contributed by atoms with Gasteiger partial charge in [-0.15, -0.1) is 0 Å². The van der Waals surface area contributed by atoms with Gasteiger partial charge in [0.05, 0.1) is 0 Å². The minimum absolute atomic E-state index is 0.217. The first kappa shape index (κ1) is 12.3. The predicted octanol–water partition coefficient (Wildman–Crippen LogP) is 1.44. The van der Waals surface area contributed by atoms with Crippen molar-refractivity contribution in [1.29, 1.82) is 0 Å². The number of hydrogen-bond acceptors (Lipinski definition) is 3. The second-order valence-electron chi connectivity index (χ2n) is 5.07. The van der Waals surface area contributed by atoms with Gasteiger partial charge in [-0.1, -0.05) is 12.8 Å². The lowest BCUT2D eigenvalue weighted by Crippen LogP contribution is -2.36. The number of rotatable bonds is 5. The van der Waals surface area contributed by atoms with Gasteiger partial charge in [0.1, 0.15) is 11.6 Å². The molecule has 1 aliphatic carbocycles. The quantitative estimate of drug-likeness (QED) is 0.840. The van der Waals surface area contributed by atoms with Crippen LogP contribution in [0.1, 0.15) is 37.9 Å². The van der Waals surface area contributed by atoms with Crippen LogP contribution in [0.4, 0.5) is 0 Å². The SMILES string of the molecule is Cn1ccnc1CCC(=O)C1(CN)CCCC1. The van der Waals surface area contributed by atoms with Gasteiger partial charge >= 0.3 is 0 Å². The lowest BCUT2D eigenvalue weighted by Gasteiger charge is -2.25. The number of carbonyl (C=O) groups is 1. The number of ketones is 1. The number of aromatic nitrogens is 2. The Balaban J connectivity index is 1.95. The average molecular weight is 235 g/mol. The molecule has 0 amide bonds. The molecule has 0 atom stereocenters. The fraction of sp³-hybridized carbons (Fsp3) is 0.692. The largest absolute Gasteiger partial charge is 0.338 e. The third-order valence-electron chi connectivity index (χ3n) is 4.04. The normalized spacial score (nSPS) is 18.5. The van der Waals surface area contributed by atoms with Gasteiger partial charge in [0.25, 0.3) is 0 Å². The highest BCUT2D eigenvalue weighted by Gasteiger charge is 2.38. The Morgan fingerprint density at radius 1 is 1.53 bits per heavy atom. The Morgan fingerprint density at radius 2 is 2.24 bits per heavy atom. The molecule has 4 nitrogen and oxygen atoms in total. The van der Waals surface area contributed by atoms with Gasteiger partial charge in [0, 0.05) is 44.2 Å². The van der Waals surface area contributed by atoms with Crippen molar-refractivity contribution in [2.75, 3.05) is 6.54 Å². The summed E-state index contributed by atoms with van der Waals surface area (Å²) in [6.45, 7) is 0.506. The molecule has 2 N–H and O–H groups in total. The summed E-state index contributed by atoms with van der Waals surface area (Å²) in [5.74, 6) is 1.31. The Bertz CT molecular complexity index is 391. The predicted molar refractivity (Wildman–Crippen MR) is 66.5 cm³/mol. The van der Waals surface area contributed by atoms with Gasteiger partial charge in [-0.25, -0.2) is 4.98 Å². The summed E-state index contributed by atoms with van der Waals surface area (Å²) in [6.07, 6.45) is 9.22. The second-order valence-corrected chi connectivity index (χ2v) is 5.07. The van der Waals surface area contributed by atoms with Crippen LogP contribution in [-0.2, 0) is 18.3 Å². The molecule has 2 rings (SSSR count). The summed E-state index contributed by atoms with van der Waals surface area (Å²) in [4.78, 5) is 16.5. The van der Waals surface area contributed by atoms with E-state index < -0.39 is 0 Å². The van der Waals surface area contributed by atoms with Crippen molar-refractivity contribution in [2.24, 2.45) is 18.2 Å². The minimum atomic E-state index is -0.217. The maximum atomic E-state index is 12.3. The van der Waals surface area contributed by atoms with Crippen LogP contribution in [0.15, 0.2) is 12.4 Å². The third-order valence-corrected chi connectivity index (χ3v) is 4.04. The van der Waals surface area contributed by atoms with Crippen LogP contribution in [-0.4, -0.2) is 21.9 Å². The molecule has 0 saturated heterocycles. The molecule has 0 spiro atoms. The van der Waals surface area contributed by atoms with E-state index in [9.17, 15) is 4.79 Å². The van der Waals surface area contributed by atoms with Crippen LogP contribution < -0.4 is 5.73 Å². The summed E-state index contributed by atoms with van der Waals surface area (Å²) in [7, 11) is 1.96. The molecule has 4 heteroatoms. The van der Waals surface area contributed by atoms with Gasteiger partial charge in [-0.05, 0) is 12.8 Å². The first-order valence-electron chi connectivity index (χ1n) is 6.37. The van der Waals surface area contributed by atoms with Gasteiger partial charge in [0.15, 0.2) is 0 Å². The molecule has 1 heterocycles. The van der Waals surface area contributed by atoms with Crippen LogP contribution in [0.2, 0.25) is 0 Å². The highest BCUT2D eigenvalue weighted by Crippen LogP contribution is 2.38. The highest BCUT2D eigenvalue weighted by molar-refractivity contribution is 5.85. The van der Waals surface area contributed by atoms with E-state index in [2.05, 4.69) is 4.98 Å². The molecule has 1 fully saturated rings. The van der Waals surface area contributed by atoms with Gasteiger partial charge in [0.2, 0.25) is 0 Å². The number of hydrogen-bond donors (Lipinski definition) is 1. The number of imidazole rings is 1. The molecule has 1 saturated carbocycles. The molecule has 1 aromatic heterocycles. The number of aryl methyl sites for hydroxylation is 2. The number of Topliss-reactive ketones (excluding diaryl/α,β-unsaturated/α-hetero) is 1. The number of nitrogens with two attached hydrogens (primary N) is 1. The van der Waals surface area contributed by atoms with Gasteiger partial charge in [-0.2, -0.15) is 0 Å². The molecule has 0 unspecified atom stereocenters. The maximum absolute atomic E-state index is 12.3. The molecule has 17 heavy (non-hydrogen) atoms. The summed E-state index contributed by atoms with van der Waals surface area (Å²) in [6, 6.07) is 0. The zero-order chi connectivity index (χ0) is 12.3. The molecular weight excluding hydrogens is 214 g/mol. The lowest BCUT2D eigenvalue weighted by molar-refractivity contribution is -0.128. The Kier molecular flexibility index (Phi) is 3.62. The van der Waals surface area contributed by atoms with E-state index in [-0.39, 0.29) is 5.41 Å². The molecule has 1 aromatic rings. The van der Waals surface area contributed by atoms with Crippen molar-refractivity contribution in [2.45, 2.75) is 38.5 Å². The van der Waals surface area contributed by atoms with Crippen molar-refractivity contribution in [3.8, 4) is 0 Å². The van der Waals surface area contributed by atoms with E-state index in [1.165, 1.54) is 0 Å². The van der Waals surface area contributed by atoms with Gasteiger partial charge in [-0.3, -0.25) is 4.79 Å². The smallest absolute Gasteiger partial charge is 0.140 e. The van der Waals surface area contributed by atoms with E-state index in [1.54, 1.807) is 6.20 Å². The van der Waals surface area contributed by atoms with Crippen molar-refractivity contribution in [3.05, 3.63) is 18.2 Å². The van der Waals surface area contributed by atoms with Crippen LogP contribution in [0.25, 0.3) is 0 Å². The highest BCUT2D eigenvalue weighted by atomic mass is 16.1. The number of carbonyl (C=O) groups excluding carboxylic acids is 1. The fourth-order valence-corrected chi connectivity index (χ4v) is 2.78. The molecular formula is C13H21N3O. The fourth-order valence-electron chi connectivity index (χ4n) is 2.78. The lowest BCUT2D eigenvalue weighted by atomic mass is 9.80. The average Bonchev–Trinajstić information content (AvgIpc) is 2.95. The summed E-state index contributed by atoms with van der Waals surface area (Å²) in [5.41, 5.74) is 5.59. The standard InChI is InChI=1S/C13H21N3O/c1-16-9-8-15-12(16)5-4-11(17)13(10-14)6-2-3-7-13/h8-9H,2-7,10,14H2,1H3. The molecule has 1 aliphatic rings. The first-order valence-corrected chi connectivity index (χ1v) is 6.37. The molecule has 94 valence electrons. The van der Waals surface area contributed by atoms with Crippen LogP contribution in [0.5, 0.6) is 0 Å². The number of nitrogens with zero attached hydrogens (tertiary/aromatic N) is 2. The Labute approximate surface area is 102 Å². The molecule has 0 radical (unpaired) electrons. The Morgan fingerprint density at radius 3 is 2.76 bits per heavy atom. The summed E-state index contributed by atoms with van der Waals surface area (Å²) in [5, 5.41) is 0. The van der Waals surface area contributed by atoms with E-state index in [0.29, 0.717) is 18.7 Å². The minimum Gasteiger partial charge on any atom is -0.338 e. The van der Waals surface area contributed by atoms with Crippen molar-refractivity contribution >= 4 is 5.78 Å². The molecule has 0 aromatic carbocycles. The zero-order valence-corrected chi connectivity index (χ0v) is 10.5. The molecule has 0 bridgehead atoms. The topological polar surface area (TPSA) is 60.9 Å². The Hall–Kier alpha value is -1.16. The third kappa shape index (κ3) is 2.41. The van der Waals surface area contributed by atoms with Crippen molar-refractivity contribution < 1.29 is 4.79 Å². The van der Waals surface area contributed by atoms with Crippen LogP contribution in [0.3, 0.4) is 0 Å².